The molecule has 12 nitrogen and oxygen atoms in total. The van der Waals surface area contributed by atoms with Crippen LogP contribution in [0.15, 0.2) is 42.7 Å². The van der Waals surface area contributed by atoms with Crippen molar-refractivity contribution in [1.29, 1.82) is 0 Å². The maximum absolute atomic E-state index is 12.4. The van der Waals surface area contributed by atoms with E-state index in [1.54, 1.807) is 36.7 Å². The standard InChI is InChI=1S/C22H30N6O6/c29-19(18-12-16(28-34-18)8-4-5-9-23-21-24-10-11-25-21)26-13-17(20(30)31)27-22(32)33-14-15-6-2-1-3-7-15/h1-3,6-7,10-11,16-18,28H,4-5,8-9,12-14H2,(H,26,29)(H,27,32)(H,30,31)(H2,23,24,25). The van der Waals surface area contributed by atoms with E-state index >= 15 is 0 Å². The van der Waals surface area contributed by atoms with Crippen LogP contribution in [0.4, 0.5) is 10.7 Å². The molecule has 1 aliphatic rings. The molecule has 3 rings (SSSR count). The number of nitrogens with zero attached hydrogens (tertiary/aromatic N) is 1. The first-order valence-corrected chi connectivity index (χ1v) is 11.1. The van der Waals surface area contributed by atoms with Gasteiger partial charge in [-0.2, -0.15) is 5.48 Å². The molecule has 0 aliphatic carbocycles. The molecule has 6 N–H and O–H groups in total. The molecule has 184 valence electrons. The van der Waals surface area contributed by atoms with E-state index in [2.05, 4.69) is 31.4 Å². The van der Waals surface area contributed by atoms with Gasteiger partial charge in [-0.25, -0.2) is 14.6 Å². The number of carbonyl (C=O) groups is 3. The van der Waals surface area contributed by atoms with Crippen LogP contribution in [0.25, 0.3) is 0 Å². The molecule has 0 radical (unpaired) electrons. The van der Waals surface area contributed by atoms with Crippen molar-refractivity contribution in [3.8, 4) is 0 Å². The number of alkyl carbamates (subject to hydrolysis) is 1. The Labute approximate surface area is 196 Å². The van der Waals surface area contributed by atoms with Crippen LogP contribution in [-0.4, -0.2) is 64.3 Å². The van der Waals surface area contributed by atoms with Crippen molar-refractivity contribution in [2.24, 2.45) is 0 Å². The first-order valence-electron chi connectivity index (χ1n) is 11.1. The van der Waals surface area contributed by atoms with Gasteiger partial charge in [-0.1, -0.05) is 36.8 Å². The molecule has 1 aromatic carbocycles. The Kier molecular flexibility index (Phi) is 9.67. The summed E-state index contributed by atoms with van der Waals surface area (Å²) in [6.07, 6.45) is 4.98. The Morgan fingerprint density at radius 2 is 2.06 bits per heavy atom. The van der Waals surface area contributed by atoms with Crippen LogP contribution in [0.5, 0.6) is 0 Å². The van der Waals surface area contributed by atoms with E-state index < -0.39 is 30.1 Å². The van der Waals surface area contributed by atoms with Crippen LogP contribution in [0.2, 0.25) is 0 Å². The fraction of sp³-hybridized carbons (Fsp3) is 0.455. The van der Waals surface area contributed by atoms with Crippen LogP contribution < -0.4 is 21.4 Å². The number of hydrogen-bond acceptors (Lipinski definition) is 8. The van der Waals surface area contributed by atoms with Gasteiger partial charge in [-0.05, 0) is 18.4 Å². The minimum atomic E-state index is -1.33. The second-order valence-electron chi connectivity index (χ2n) is 7.86. The van der Waals surface area contributed by atoms with Crippen molar-refractivity contribution < 1.29 is 29.1 Å². The molecule has 1 aliphatic heterocycles. The van der Waals surface area contributed by atoms with Crippen LogP contribution in [0, 0.1) is 0 Å². The molecule has 3 unspecified atom stereocenters. The van der Waals surface area contributed by atoms with Crippen LogP contribution in [0.1, 0.15) is 31.2 Å². The van der Waals surface area contributed by atoms with E-state index in [4.69, 9.17) is 9.57 Å². The number of hydrogen-bond donors (Lipinski definition) is 6. The number of carboxylic acids is 1. The largest absolute Gasteiger partial charge is 0.480 e. The predicted octanol–water partition coefficient (Wildman–Crippen LogP) is 1.15. The molecule has 3 atom stereocenters. The summed E-state index contributed by atoms with van der Waals surface area (Å²) in [5.41, 5.74) is 3.63. The van der Waals surface area contributed by atoms with Gasteiger partial charge in [0.25, 0.3) is 5.91 Å². The monoisotopic (exact) mass is 474 g/mol. The highest BCUT2D eigenvalue weighted by Gasteiger charge is 2.31. The number of benzene rings is 1. The summed E-state index contributed by atoms with van der Waals surface area (Å²) in [5, 5.41) is 17.3. The fourth-order valence-electron chi connectivity index (χ4n) is 3.38. The summed E-state index contributed by atoms with van der Waals surface area (Å²) in [6.45, 7) is 0.493. The third-order valence-corrected chi connectivity index (χ3v) is 5.22. The van der Waals surface area contributed by atoms with Gasteiger partial charge in [0, 0.05) is 37.9 Å². The normalized spacial score (nSPS) is 18.1. The van der Waals surface area contributed by atoms with Gasteiger partial charge in [0.2, 0.25) is 0 Å². The molecule has 0 bridgehead atoms. The summed E-state index contributed by atoms with van der Waals surface area (Å²) < 4.78 is 5.03. The minimum Gasteiger partial charge on any atom is -0.480 e. The molecule has 2 amide bonds. The van der Waals surface area contributed by atoms with E-state index in [-0.39, 0.29) is 19.2 Å². The van der Waals surface area contributed by atoms with Gasteiger partial charge in [0.15, 0.2) is 12.1 Å². The first kappa shape index (κ1) is 25.0. The summed E-state index contributed by atoms with van der Waals surface area (Å²) in [6, 6.07) is 7.69. The number of nitrogens with one attached hydrogen (secondary N) is 5. The van der Waals surface area contributed by atoms with Gasteiger partial charge in [0.1, 0.15) is 12.6 Å². The summed E-state index contributed by atoms with van der Waals surface area (Å²) in [5.74, 6) is -0.999. The third kappa shape index (κ3) is 8.37. The lowest BCUT2D eigenvalue weighted by Gasteiger charge is -2.16. The number of hydroxylamine groups is 1. The number of imidazole rings is 1. The van der Waals surface area contributed by atoms with E-state index in [1.165, 1.54) is 0 Å². The molecule has 1 aromatic heterocycles. The molecule has 1 saturated heterocycles. The highest BCUT2D eigenvalue weighted by Crippen LogP contribution is 2.16. The van der Waals surface area contributed by atoms with Crippen molar-refractivity contribution in [2.45, 2.75) is 50.5 Å². The van der Waals surface area contributed by atoms with Gasteiger partial charge < -0.3 is 30.8 Å². The van der Waals surface area contributed by atoms with Crippen LogP contribution >= 0.6 is 0 Å². The number of aromatic nitrogens is 2. The summed E-state index contributed by atoms with van der Waals surface area (Å²) in [7, 11) is 0. The quantitative estimate of drug-likeness (QED) is 0.233. The number of unbranched alkanes of at least 4 members (excludes halogenated alkanes) is 1. The van der Waals surface area contributed by atoms with Crippen LogP contribution in [-0.2, 0) is 25.8 Å². The average molecular weight is 475 g/mol. The van der Waals surface area contributed by atoms with Crippen molar-refractivity contribution in [2.75, 3.05) is 18.4 Å². The van der Waals surface area contributed by atoms with Gasteiger partial charge >= 0.3 is 12.1 Å². The van der Waals surface area contributed by atoms with E-state index in [9.17, 15) is 19.5 Å². The maximum atomic E-state index is 12.4. The zero-order chi connectivity index (χ0) is 24.2. The number of ether oxygens (including phenoxy) is 1. The topological polar surface area (TPSA) is 167 Å². The Morgan fingerprint density at radius 3 is 2.79 bits per heavy atom. The molecule has 34 heavy (non-hydrogen) atoms. The Morgan fingerprint density at radius 1 is 1.24 bits per heavy atom. The average Bonchev–Trinajstić information content (AvgIpc) is 3.53. The number of H-pyrrole nitrogens is 1. The zero-order valence-electron chi connectivity index (χ0n) is 18.7. The van der Waals surface area contributed by atoms with Crippen molar-refractivity contribution in [1.82, 2.24) is 26.1 Å². The Bertz CT molecular complexity index is 910. The second kappa shape index (κ2) is 13.2. The number of aliphatic carboxylic acids is 1. The first-order chi connectivity index (χ1) is 16.5. The van der Waals surface area contributed by atoms with Gasteiger partial charge in [-0.3, -0.25) is 9.63 Å². The van der Waals surface area contributed by atoms with Gasteiger partial charge in [-0.15, -0.1) is 0 Å². The molecule has 0 spiro atoms. The highest BCUT2D eigenvalue weighted by molar-refractivity contribution is 5.83. The minimum absolute atomic E-state index is 0.00720. The zero-order valence-corrected chi connectivity index (χ0v) is 18.7. The van der Waals surface area contributed by atoms with E-state index in [1.807, 2.05) is 6.07 Å². The third-order valence-electron chi connectivity index (χ3n) is 5.22. The summed E-state index contributed by atoms with van der Waals surface area (Å²) >= 11 is 0. The number of rotatable bonds is 13. The number of amides is 2. The molecular formula is C22H30N6O6. The summed E-state index contributed by atoms with van der Waals surface area (Å²) in [4.78, 5) is 48.2. The second-order valence-corrected chi connectivity index (χ2v) is 7.86. The van der Waals surface area contributed by atoms with Crippen molar-refractivity contribution >= 4 is 23.9 Å². The molecule has 0 saturated carbocycles. The lowest BCUT2D eigenvalue weighted by atomic mass is 10.0. The fourth-order valence-corrected chi connectivity index (χ4v) is 3.38. The SMILES string of the molecule is O=C(NC(CNC(=O)C1CC(CCCCNc2ncc[nH]2)NO1)C(=O)O)OCc1ccccc1. The highest BCUT2D eigenvalue weighted by atomic mass is 16.7. The van der Waals surface area contributed by atoms with Gasteiger partial charge in [0.05, 0.1) is 0 Å². The molecule has 2 aromatic rings. The number of anilines is 1. The molecule has 12 heteroatoms. The number of aromatic amines is 1. The lowest BCUT2D eigenvalue weighted by molar-refractivity contribution is -0.139. The van der Waals surface area contributed by atoms with Crippen molar-refractivity contribution in [3.63, 3.8) is 0 Å². The Hall–Kier alpha value is -3.64. The molecule has 1 fully saturated rings. The maximum Gasteiger partial charge on any atom is 0.408 e. The van der Waals surface area contributed by atoms with Crippen molar-refractivity contribution in [3.05, 3.63) is 48.3 Å². The van der Waals surface area contributed by atoms with Crippen LogP contribution in [0.3, 0.4) is 0 Å². The number of carbonyl (C=O) groups excluding carboxylic acids is 2. The predicted molar refractivity (Wildman–Crippen MR) is 122 cm³/mol. The Balaban J connectivity index is 1.31. The number of carboxylic acid groups (broad SMARTS) is 1. The molecule has 2 heterocycles. The molecular weight excluding hydrogens is 444 g/mol. The smallest absolute Gasteiger partial charge is 0.408 e. The van der Waals surface area contributed by atoms with E-state index in [0.717, 1.165) is 37.3 Å². The lowest BCUT2D eigenvalue weighted by Crippen LogP contribution is -2.50. The van der Waals surface area contributed by atoms with E-state index in [0.29, 0.717) is 6.42 Å².